The van der Waals surface area contributed by atoms with Crippen LogP contribution in [0.3, 0.4) is 0 Å². The normalized spacial score (nSPS) is 11.0. The van der Waals surface area contributed by atoms with Crippen molar-refractivity contribution in [1.82, 2.24) is 29.9 Å². The Balaban J connectivity index is 1.49. The molecule has 0 saturated heterocycles. The van der Waals surface area contributed by atoms with Crippen LogP contribution in [0, 0.1) is 0 Å². The number of aromatic nitrogens is 6. The lowest BCUT2D eigenvalue weighted by molar-refractivity contribution is 0.397. The van der Waals surface area contributed by atoms with Crippen molar-refractivity contribution in [2.24, 2.45) is 0 Å². The Bertz CT molecular complexity index is 1030. The van der Waals surface area contributed by atoms with Crippen LogP contribution in [0.15, 0.2) is 45.5 Å². The largest absolute Gasteiger partial charge is 0.481 e. The molecule has 0 unspecified atom stereocenters. The van der Waals surface area contributed by atoms with E-state index in [0.29, 0.717) is 23.3 Å². The van der Waals surface area contributed by atoms with Crippen LogP contribution in [0.5, 0.6) is 5.88 Å². The summed E-state index contributed by atoms with van der Waals surface area (Å²) in [5.74, 6) is 2.94. The molecule has 0 aromatic carbocycles. The highest BCUT2D eigenvalue weighted by atomic mass is 32.2. The van der Waals surface area contributed by atoms with E-state index in [1.807, 2.05) is 17.5 Å². The fourth-order valence-electron chi connectivity index (χ4n) is 2.48. The van der Waals surface area contributed by atoms with Crippen LogP contribution in [0.1, 0.15) is 12.7 Å². The molecule has 0 saturated carbocycles. The zero-order chi connectivity index (χ0) is 18.6. The Morgan fingerprint density at radius 3 is 3.00 bits per heavy atom. The van der Waals surface area contributed by atoms with Crippen molar-refractivity contribution in [2.75, 3.05) is 7.11 Å². The van der Waals surface area contributed by atoms with E-state index in [1.165, 1.54) is 11.8 Å². The number of thiophene rings is 1. The first kappa shape index (κ1) is 17.7. The van der Waals surface area contributed by atoms with E-state index in [9.17, 15) is 0 Å². The summed E-state index contributed by atoms with van der Waals surface area (Å²) in [5, 5.41) is 15.6. The molecule has 4 aromatic rings. The zero-order valence-corrected chi connectivity index (χ0v) is 16.3. The van der Waals surface area contributed by atoms with Gasteiger partial charge >= 0.3 is 0 Å². The molecule has 0 spiro atoms. The third-order valence-electron chi connectivity index (χ3n) is 3.76. The van der Waals surface area contributed by atoms with Crippen molar-refractivity contribution in [2.45, 2.75) is 24.4 Å². The number of ether oxygens (including phenoxy) is 1. The SMILES string of the molecule is CCn1c(SCc2noc(-c3ccnc(OC)c3)n2)nnc1-c1cccs1. The van der Waals surface area contributed by atoms with Gasteiger partial charge < -0.3 is 13.8 Å². The highest BCUT2D eigenvalue weighted by Crippen LogP contribution is 2.29. The molecular formula is C17H16N6O2S2. The molecule has 27 heavy (non-hydrogen) atoms. The van der Waals surface area contributed by atoms with Gasteiger partial charge in [0.1, 0.15) is 0 Å². The quantitative estimate of drug-likeness (QED) is 0.433. The number of hydrogen-bond acceptors (Lipinski definition) is 9. The average Bonchev–Trinajstić information content (AvgIpc) is 3.46. The van der Waals surface area contributed by atoms with Crippen LogP contribution >= 0.6 is 23.1 Å². The maximum atomic E-state index is 5.36. The zero-order valence-electron chi connectivity index (χ0n) is 14.7. The van der Waals surface area contributed by atoms with Crippen molar-refractivity contribution in [3.8, 4) is 28.0 Å². The summed E-state index contributed by atoms with van der Waals surface area (Å²) < 4.78 is 12.6. The summed E-state index contributed by atoms with van der Waals surface area (Å²) in [6.45, 7) is 2.87. The molecule has 8 nitrogen and oxygen atoms in total. The number of rotatable bonds is 7. The fourth-order valence-corrected chi connectivity index (χ4v) is 4.04. The molecule has 4 rings (SSSR count). The molecule has 0 amide bonds. The number of thioether (sulfide) groups is 1. The van der Waals surface area contributed by atoms with Gasteiger partial charge in [-0.15, -0.1) is 21.5 Å². The van der Waals surface area contributed by atoms with E-state index in [4.69, 9.17) is 9.26 Å². The van der Waals surface area contributed by atoms with Gasteiger partial charge in [-0.05, 0) is 24.4 Å². The second-order valence-electron chi connectivity index (χ2n) is 5.42. The molecule has 4 heterocycles. The van der Waals surface area contributed by atoms with Crippen LogP contribution in [-0.4, -0.2) is 37.0 Å². The Morgan fingerprint density at radius 2 is 2.22 bits per heavy atom. The predicted octanol–water partition coefficient (Wildman–Crippen LogP) is 3.77. The van der Waals surface area contributed by atoms with Gasteiger partial charge in [0.05, 0.1) is 17.7 Å². The Morgan fingerprint density at radius 1 is 1.30 bits per heavy atom. The molecule has 0 radical (unpaired) electrons. The van der Waals surface area contributed by atoms with Gasteiger partial charge in [-0.25, -0.2) is 4.98 Å². The first-order valence-corrected chi connectivity index (χ1v) is 10.1. The second kappa shape index (κ2) is 7.89. The third-order valence-corrected chi connectivity index (χ3v) is 5.59. The Kier molecular flexibility index (Phi) is 5.16. The summed E-state index contributed by atoms with van der Waals surface area (Å²) in [5.41, 5.74) is 0.766. The standard InChI is InChI=1S/C17H16N6O2S2/c1-3-23-15(12-5-4-8-26-12)20-21-17(23)27-10-13-19-16(25-22-13)11-6-7-18-14(9-11)24-2/h4-9H,3,10H2,1-2H3. The first-order valence-electron chi connectivity index (χ1n) is 8.21. The minimum absolute atomic E-state index is 0.433. The molecule has 0 fully saturated rings. The van der Waals surface area contributed by atoms with Crippen LogP contribution in [0.2, 0.25) is 0 Å². The lowest BCUT2D eigenvalue weighted by Crippen LogP contribution is -1.99. The van der Waals surface area contributed by atoms with Gasteiger partial charge in [0, 0.05) is 24.4 Å². The van der Waals surface area contributed by atoms with Gasteiger partial charge in [-0.2, -0.15) is 4.98 Å². The molecule has 138 valence electrons. The summed E-state index contributed by atoms with van der Waals surface area (Å²) in [6, 6.07) is 7.61. The van der Waals surface area contributed by atoms with Crippen LogP contribution < -0.4 is 4.74 Å². The number of hydrogen-bond donors (Lipinski definition) is 0. The van der Waals surface area contributed by atoms with Gasteiger partial charge in [0.15, 0.2) is 16.8 Å². The van der Waals surface area contributed by atoms with E-state index in [0.717, 1.165) is 28.0 Å². The highest BCUT2D eigenvalue weighted by molar-refractivity contribution is 7.98. The van der Waals surface area contributed by atoms with E-state index in [1.54, 1.807) is 36.8 Å². The number of methoxy groups -OCH3 is 1. The lowest BCUT2D eigenvalue weighted by Gasteiger charge is -2.04. The van der Waals surface area contributed by atoms with Crippen molar-refractivity contribution in [1.29, 1.82) is 0 Å². The summed E-state index contributed by atoms with van der Waals surface area (Å²) in [7, 11) is 1.57. The number of nitrogens with zero attached hydrogens (tertiary/aromatic N) is 6. The molecule has 0 bridgehead atoms. The molecule has 10 heteroatoms. The Hall–Kier alpha value is -2.72. The third kappa shape index (κ3) is 3.71. The summed E-state index contributed by atoms with van der Waals surface area (Å²) >= 11 is 3.18. The molecule has 0 N–H and O–H groups in total. The maximum Gasteiger partial charge on any atom is 0.258 e. The van der Waals surface area contributed by atoms with Gasteiger partial charge in [-0.1, -0.05) is 23.0 Å². The van der Waals surface area contributed by atoms with Crippen molar-refractivity contribution >= 4 is 23.1 Å². The lowest BCUT2D eigenvalue weighted by atomic mass is 10.3. The van der Waals surface area contributed by atoms with E-state index in [-0.39, 0.29) is 0 Å². The molecule has 0 aliphatic carbocycles. The van der Waals surface area contributed by atoms with Gasteiger partial charge in [0.25, 0.3) is 5.89 Å². The second-order valence-corrected chi connectivity index (χ2v) is 7.31. The highest BCUT2D eigenvalue weighted by Gasteiger charge is 2.16. The monoisotopic (exact) mass is 400 g/mol. The van der Waals surface area contributed by atoms with E-state index >= 15 is 0 Å². The molecule has 0 aliphatic heterocycles. The van der Waals surface area contributed by atoms with E-state index in [2.05, 4.69) is 36.8 Å². The van der Waals surface area contributed by atoms with Gasteiger partial charge in [0.2, 0.25) is 5.88 Å². The molecule has 0 atom stereocenters. The first-order chi connectivity index (χ1) is 13.3. The topological polar surface area (TPSA) is 91.8 Å². The van der Waals surface area contributed by atoms with Crippen molar-refractivity contribution in [3.63, 3.8) is 0 Å². The minimum atomic E-state index is 0.433. The average molecular weight is 400 g/mol. The maximum absolute atomic E-state index is 5.36. The summed E-state index contributed by atoms with van der Waals surface area (Å²) in [4.78, 5) is 9.62. The molecular weight excluding hydrogens is 384 g/mol. The van der Waals surface area contributed by atoms with Crippen LogP contribution in [-0.2, 0) is 12.3 Å². The number of pyridine rings is 1. The minimum Gasteiger partial charge on any atom is -0.481 e. The Labute approximate surface area is 163 Å². The molecule has 4 aromatic heterocycles. The van der Waals surface area contributed by atoms with Crippen LogP contribution in [0.4, 0.5) is 0 Å². The predicted molar refractivity (Wildman–Crippen MR) is 103 cm³/mol. The molecule has 0 aliphatic rings. The fraction of sp³-hybridized carbons (Fsp3) is 0.235. The van der Waals surface area contributed by atoms with Crippen molar-refractivity contribution < 1.29 is 9.26 Å². The van der Waals surface area contributed by atoms with Crippen LogP contribution in [0.25, 0.3) is 22.2 Å². The van der Waals surface area contributed by atoms with E-state index < -0.39 is 0 Å². The smallest absolute Gasteiger partial charge is 0.258 e. The van der Waals surface area contributed by atoms with Gasteiger partial charge in [-0.3, -0.25) is 0 Å². The van der Waals surface area contributed by atoms with Crippen molar-refractivity contribution in [3.05, 3.63) is 41.7 Å². The summed E-state index contributed by atoms with van der Waals surface area (Å²) in [6.07, 6.45) is 1.64.